The fourth-order valence-electron chi connectivity index (χ4n) is 9.84. The van der Waals surface area contributed by atoms with Crippen LogP contribution in [0.4, 0.5) is 9.18 Å². The number of rotatable bonds is 3. The zero-order valence-electron chi connectivity index (χ0n) is 22.8. The molecule has 1 saturated heterocycles. The average molecular weight is 530 g/mol. The molecule has 0 spiro atoms. The van der Waals surface area contributed by atoms with E-state index in [9.17, 15) is 19.1 Å². The lowest BCUT2D eigenvalue weighted by atomic mass is 9.43. The minimum Gasteiger partial charge on any atom is -0.431 e. The van der Waals surface area contributed by atoms with Gasteiger partial charge in [-0.05, 0) is 111 Å². The van der Waals surface area contributed by atoms with E-state index >= 15 is 0 Å². The summed E-state index contributed by atoms with van der Waals surface area (Å²) in [5.41, 5.74) is -0.0720. The molecule has 38 heavy (non-hydrogen) atoms. The topological polar surface area (TPSA) is 104 Å². The monoisotopic (exact) mass is 529 g/mol. The molecule has 210 valence electrons. The van der Waals surface area contributed by atoms with Crippen molar-refractivity contribution in [3.05, 3.63) is 34.4 Å². The third-order valence-corrected chi connectivity index (χ3v) is 12.0. The minimum absolute atomic E-state index is 0.116. The van der Waals surface area contributed by atoms with Gasteiger partial charge in [-0.1, -0.05) is 13.8 Å². The summed E-state index contributed by atoms with van der Waals surface area (Å²) in [7, 11) is 0. The van der Waals surface area contributed by atoms with Crippen LogP contribution in [0.1, 0.15) is 89.5 Å². The summed E-state index contributed by atoms with van der Waals surface area (Å²) in [6.45, 7) is 5.74. The van der Waals surface area contributed by atoms with Gasteiger partial charge < -0.3 is 25.5 Å². The molecule has 1 unspecified atom stereocenters. The van der Waals surface area contributed by atoms with E-state index in [1.54, 1.807) is 6.26 Å². The van der Waals surface area contributed by atoms with E-state index in [2.05, 4.69) is 29.8 Å². The Hall–Kier alpha value is -1.93. The van der Waals surface area contributed by atoms with Crippen LogP contribution in [-0.2, 0) is 0 Å². The molecule has 5 aliphatic rings. The van der Waals surface area contributed by atoms with E-state index in [0.29, 0.717) is 24.8 Å². The van der Waals surface area contributed by atoms with Gasteiger partial charge in [0.2, 0.25) is 0 Å². The molecule has 0 radical (unpaired) electrons. The molecule has 7 nitrogen and oxygen atoms in total. The Labute approximate surface area is 224 Å². The van der Waals surface area contributed by atoms with Gasteiger partial charge in [0.05, 0.1) is 17.9 Å². The number of alkyl halides is 1. The summed E-state index contributed by atoms with van der Waals surface area (Å²) in [6, 6.07) is 2.85. The van der Waals surface area contributed by atoms with Gasteiger partial charge in [-0.2, -0.15) is 0 Å². The summed E-state index contributed by atoms with van der Waals surface area (Å²) >= 11 is 0. The lowest BCUT2D eigenvalue weighted by Gasteiger charge is -2.63. The van der Waals surface area contributed by atoms with E-state index in [-0.39, 0.29) is 40.4 Å². The standard InChI is InChI=1S/C30H44FN3O4/c1-28-11-7-20(33-27(36)34-25-10-14-32-16-24(25)31)15-19(28)4-5-23-22(28)8-12-29(2)21(9-13-30(23,29)37)18-3-6-26(35)38-17-18/h3,6,17,19-25,32,37H,4-5,7-16H2,1-2H3,(H2,33,34,36)/t19-,20+,21-,22+,23-,24+,25?,28+,29-,30+/m1/s1. The normalized spacial score (nSPS) is 46.4. The molecule has 1 aliphatic heterocycles. The van der Waals surface area contributed by atoms with Crippen molar-refractivity contribution >= 4 is 6.03 Å². The highest BCUT2D eigenvalue weighted by Crippen LogP contribution is 2.70. The second-order valence-electron chi connectivity index (χ2n) is 13.6. The molecule has 10 atom stereocenters. The lowest BCUT2D eigenvalue weighted by Crippen LogP contribution is -2.62. The largest absolute Gasteiger partial charge is 0.431 e. The number of carbonyl (C=O) groups excluding carboxylic acids is 1. The number of piperidine rings is 1. The van der Waals surface area contributed by atoms with E-state index < -0.39 is 17.8 Å². The van der Waals surface area contributed by atoms with Gasteiger partial charge >= 0.3 is 11.7 Å². The van der Waals surface area contributed by atoms with Crippen LogP contribution in [-0.4, -0.2) is 48.1 Å². The van der Waals surface area contributed by atoms with Gasteiger partial charge in [0.25, 0.3) is 0 Å². The predicted molar refractivity (Wildman–Crippen MR) is 143 cm³/mol. The van der Waals surface area contributed by atoms with Crippen molar-refractivity contribution in [3.8, 4) is 0 Å². The number of hydrogen-bond donors (Lipinski definition) is 4. The molecule has 2 amide bonds. The number of amides is 2. The highest BCUT2D eigenvalue weighted by Gasteiger charge is 2.67. The molecule has 0 bridgehead atoms. The lowest BCUT2D eigenvalue weighted by molar-refractivity contribution is -0.201. The zero-order chi connectivity index (χ0) is 26.7. The summed E-state index contributed by atoms with van der Waals surface area (Å²) < 4.78 is 19.4. The Morgan fingerprint density at radius 2 is 1.89 bits per heavy atom. The molecule has 0 aromatic carbocycles. The molecule has 5 fully saturated rings. The Morgan fingerprint density at radius 1 is 1.05 bits per heavy atom. The van der Waals surface area contributed by atoms with Crippen LogP contribution in [0, 0.1) is 28.6 Å². The van der Waals surface area contributed by atoms with Crippen LogP contribution in [0.3, 0.4) is 0 Å². The first-order valence-corrected chi connectivity index (χ1v) is 14.9. The van der Waals surface area contributed by atoms with Gasteiger partial charge in [0.15, 0.2) is 0 Å². The van der Waals surface area contributed by atoms with Gasteiger partial charge in [-0.3, -0.25) is 0 Å². The maximum atomic E-state index is 14.2. The number of hydrogen-bond acceptors (Lipinski definition) is 5. The fraction of sp³-hybridized carbons (Fsp3) is 0.800. The molecular weight excluding hydrogens is 485 g/mol. The summed E-state index contributed by atoms with van der Waals surface area (Å²) in [5, 5.41) is 21.5. The van der Waals surface area contributed by atoms with Crippen LogP contribution >= 0.6 is 0 Å². The molecule has 2 heterocycles. The molecule has 1 aromatic rings. The predicted octanol–water partition coefficient (Wildman–Crippen LogP) is 4.25. The van der Waals surface area contributed by atoms with Crippen molar-refractivity contribution < 1.29 is 18.7 Å². The first kappa shape index (κ1) is 26.3. The number of urea groups is 1. The van der Waals surface area contributed by atoms with Crippen LogP contribution < -0.4 is 21.6 Å². The number of fused-ring (bicyclic) bond motifs is 5. The van der Waals surface area contributed by atoms with E-state index in [0.717, 1.165) is 69.9 Å². The quantitative estimate of drug-likeness (QED) is 0.469. The zero-order valence-corrected chi connectivity index (χ0v) is 22.8. The van der Waals surface area contributed by atoms with E-state index in [4.69, 9.17) is 4.42 Å². The van der Waals surface area contributed by atoms with Gasteiger partial charge in [0, 0.05) is 24.1 Å². The van der Waals surface area contributed by atoms with Crippen molar-refractivity contribution in [2.45, 2.75) is 108 Å². The second kappa shape index (κ2) is 9.61. The number of aliphatic hydroxyl groups is 1. The van der Waals surface area contributed by atoms with Crippen LogP contribution in [0.25, 0.3) is 0 Å². The first-order valence-electron chi connectivity index (χ1n) is 14.9. The smallest absolute Gasteiger partial charge is 0.335 e. The Bertz CT molecular complexity index is 1090. The summed E-state index contributed by atoms with van der Waals surface area (Å²) in [4.78, 5) is 24.2. The second-order valence-corrected chi connectivity index (χ2v) is 13.6. The van der Waals surface area contributed by atoms with Gasteiger partial charge in [-0.25, -0.2) is 14.0 Å². The molecule has 6 rings (SSSR count). The molecule has 1 aromatic heterocycles. The van der Waals surface area contributed by atoms with Crippen molar-refractivity contribution in [2.75, 3.05) is 13.1 Å². The van der Waals surface area contributed by atoms with E-state index in [1.807, 2.05) is 6.07 Å². The maximum Gasteiger partial charge on any atom is 0.335 e. The third kappa shape index (κ3) is 4.12. The first-order chi connectivity index (χ1) is 18.1. The number of halogens is 1. The highest BCUT2D eigenvalue weighted by atomic mass is 19.1. The van der Waals surface area contributed by atoms with Crippen molar-refractivity contribution in [1.82, 2.24) is 16.0 Å². The molecule has 8 heteroatoms. The molecule has 4 saturated carbocycles. The van der Waals surface area contributed by atoms with Crippen molar-refractivity contribution in [2.24, 2.45) is 28.6 Å². The van der Waals surface area contributed by atoms with Crippen molar-refractivity contribution in [3.63, 3.8) is 0 Å². The Kier molecular flexibility index (Phi) is 6.65. The fourth-order valence-corrected chi connectivity index (χ4v) is 9.84. The maximum absolute atomic E-state index is 14.2. The Balaban J connectivity index is 1.13. The van der Waals surface area contributed by atoms with E-state index in [1.165, 1.54) is 6.07 Å². The number of carbonyl (C=O) groups is 1. The SMILES string of the molecule is C[C@]12CC[C@H](NC(=O)NC3CCNC[C@@H]3F)C[C@H]1CC[C@@H]1[C@@H]2CC[C@]2(C)[C@@H](c3ccc(=O)oc3)CC[C@]12O. The molecule has 4 N–H and O–H groups in total. The highest BCUT2D eigenvalue weighted by molar-refractivity contribution is 5.74. The summed E-state index contributed by atoms with van der Waals surface area (Å²) in [5.74, 6) is 1.47. The third-order valence-electron chi connectivity index (χ3n) is 12.0. The van der Waals surface area contributed by atoms with Gasteiger partial charge in [-0.15, -0.1) is 0 Å². The van der Waals surface area contributed by atoms with Crippen LogP contribution in [0.15, 0.2) is 27.6 Å². The summed E-state index contributed by atoms with van der Waals surface area (Å²) in [6.07, 6.45) is 10.00. The van der Waals surface area contributed by atoms with Crippen LogP contribution in [0.5, 0.6) is 0 Å². The number of nitrogens with one attached hydrogen (secondary N) is 3. The van der Waals surface area contributed by atoms with Crippen LogP contribution in [0.2, 0.25) is 0 Å². The molecular formula is C30H44FN3O4. The van der Waals surface area contributed by atoms with Crippen molar-refractivity contribution in [1.29, 1.82) is 0 Å². The minimum atomic E-state index is -1.04. The van der Waals surface area contributed by atoms with Gasteiger partial charge in [0.1, 0.15) is 6.17 Å². The molecule has 4 aliphatic carbocycles. The Morgan fingerprint density at radius 3 is 2.66 bits per heavy atom. The average Bonchev–Trinajstić information content (AvgIpc) is 3.17.